The molecule has 21 heavy (non-hydrogen) atoms. The SMILES string of the molecule is CCC(C)(C)N(C)S(=O)(=O)c1cc(C(=O)O)cc(F)c1F. The largest absolute Gasteiger partial charge is 0.478 e. The molecule has 0 aromatic heterocycles. The first kappa shape index (κ1) is 17.5. The predicted molar refractivity (Wildman–Crippen MR) is 72.6 cm³/mol. The number of hydrogen-bond donors (Lipinski definition) is 1. The number of nitrogens with zero attached hydrogens (tertiary/aromatic N) is 1. The minimum absolute atomic E-state index is 0.436. The van der Waals surface area contributed by atoms with E-state index in [9.17, 15) is 22.0 Å². The Kier molecular flexibility index (Phi) is 4.74. The topological polar surface area (TPSA) is 74.7 Å². The first-order valence-corrected chi connectivity index (χ1v) is 7.60. The van der Waals surface area contributed by atoms with Crippen molar-refractivity contribution in [2.45, 2.75) is 37.6 Å². The number of halogens is 2. The highest BCUT2D eigenvalue weighted by molar-refractivity contribution is 7.89. The maximum atomic E-state index is 13.8. The van der Waals surface area contributed by atoms with Gasteiger partial charge in [0.15, 0.2) is 11.6 Å². The van der Waals surface area contributed by atoms with Gasteiger partial charge in [-0.25, -0.2) is 22.0 Å². The quantitative estimate of drug-likeness (QED) is 0.904. The molecule has 0 aliphatic heterocycles. The number of benzene rings is 1. The minimum atomic E-state index is -4.36. The molecule has 0 spiro atoms. The van der Waals surface area contributed by atoms with Crippen molar-refractivity contribution in [1.82, 2.24) is 4.31 Å². The summed E-state index contributed by atoms with van der Waals surface area (Å²) in [5.74, 6) is -4.64. The van der Waals surface area contributed by atoms with Crippen molar-refractivity contribution in [1.29, 1.82) is 0 Å². The van der Waals surface area contributed by atoms with Crippen LogP contribution < -0.4 is 0 Å². The van der Waals surface area contributed by atoms with Gasteiger partial charge in [0, 0.05) is 12.6 Å². The monoisotopic (exact) mass is 321 g/mol. The van der Waals surface area contributed by atoms with Gasteiger partial charge in [-0.15, -0.1) is 0 Å². The zero-order valence-corrected chi connectivity index (χ0v) is 13.0. The van der Waals surface area contributed by atoms with E-state index in [2.05, 4.69) is 0 Å². The van der Waals surface area contributed by atoms with Crippen LogP contribution in [-0.2, 0) is 10.0 Å². The molecule has 0 unspecified atom stereocenters. The molecule has 1 rings (SSSR count). The van der Waals surface area contributed by atoms with Gasteiger partial charge in [0.25, 0.3) is 0 Å². The first-order valence-electron chi connectivity index (χ1n) is 6.16. The van der Waals surface area contributed by atoms with Crippen LogP contribution in [0.5, 0.6) is 0 Å². The lowest BCUT2D eigenvalue weighted by atomic mass is 10.0. The van der Waals surface area contributed by atoms with Crippen molar-refractivity contribution in [2.24, 2.45) is 0 Å². The van der Waals surface area contributed by atoms with E-state index in [1.54, 1.807) is 20.8 Å². The summed E-state index contributed by atoms with van der Waals surface area (Å²) in [4.78, 5) is 9.89. The number of hydrogen-bond acceptors (Lipinski definition) is 3. The molecular weight excluding hydrogens is 304 g/mol. The first-order chi connectivity index (χ1) is 9.45. The van der Waals surface area contributed by atoms with Crippen molar-refractivity contribution in [3.05, 3.63) is 29.3 Å². The van der Waals surface area contributed by atoms with E-state index in [-0.39, 0.29) is 0 Å². The molecule has 0 heterocycles. The fourth-order valence-electron chi connectivity index (χ4n) is 1.57. The molecule has 1 aromatic rings. The highest BCUT2D eigenvalue weighted by Gasteiger charge is 2.35. The molecule has 0 radical (unpaired) electrons. The molecule has 0 aliphatic carbocycles. The van der Waals surface area contributed by atoms with E-state index < -0.39 is 43.6 Å². The van der Waals surface area contributed by atoms with Crippen LogP contribution in [0.15, 0.2) is 17.0 Å². The third-order valence-corrected chi connectivity index (χ3v) is 5.67. The Hall–Kier alpha value is -1.54. The second-order valence-electron chi connectivity index (χ2n) is 5.21. The van der Waals surface area contributed by atoms with Gasteiger partial charge in [0.1, 0.15) is 4.90 Å². The lowest BCUT2D eigenvalue weighted by molar-refractivity contribution is 0.0696. The van der Waals surface area contributed by atoms with E-state index in [1.807, 2.05) is 0 Å². The lowest BCUT2D eigenvalue weighted by Gasteiger charge is -2.33. The van der Waals surface area contributed by atoms with Gasteiger partial charge in [-0.05, 0) is 32.4 Å². The Labute approximate surface area is 122 Å². The maximum Gasteiger partial charge on any atom is 0.335 e. The molecule has 0 bridgehead atoms. The summed E-state index contributed by atoms with van der Waals surface area (Å²) in [5, 5.41) is 8.84. The third kappa shape index (κ3) is 3.21. The summed E-state index contributed by atoms with van der Waals surface area (Å²) >= 11 is 0. The van der Waals surface area contributed by atoms with Gasteiger partial charge in [-0.3, -0.25) is 0 Å². The zero-order valence-electron chi connectivity index (χ0n) is 12.1. The van der Waals surface area contributed by atoms with E-state index in [1.165, 1.54) is 7.05 Å². The highest BCUT2D eigenvalue weighted by atomic mass is 32.2. The van der Waals surface area contributed by atoms with Crippen molar-refractivity contribution >= 4 is 16.0 Å². The van der Waals surface area contributed by atoms with Gasteiger partial charge in [0.2, 0.25) is 10.0 Å². The summed E-state index contributed by atoms with van der Waals surface area (Å²) in [6.07, 6.45) is 0.436. The Morgan fingerprint density at radius 2 is 1.86 bits per heavy atom. The predicted octanol–water partition coefficient (Wildman–Crippen LogP) is 2.47. The average Bonchev–Trinajstić information content (AvgIpc) is 2.40. The Balaban J connectivity index is 3.55. The van der Waals surface area contributed by atoms with Crippen LogP contribution in [0.4, 0.5) is 8.78 Å². The van der Waals surface area contributed by atoms with Crippen molar-refractivity contribution in [3.63, 3.8) is 0 Å². The van der Waals surface area contributed by atoms with Gasteiger partial charge >= 0.3 is 5.97 Å². The van der Waals surface area contributed by atoms with Crippen molar-refractivity contribution in [3.8, 4) is 0 Å². The number of rotatable bonds is 5. The average molecular weight is 321 g/mol. The second kappa shape index (κ2) is 5.69. The molecule has 118 valence electrons. The Morgan fingerprint density at radius 3 is 2.29 bits per heavy atom. The van der Waals surface area contributed by atoms with Gasteiger partial charge in [-0.2, -0.15) is 4.31 Å². The number of aromatic carboxylic acids is 1. The van der Waals surface area contributed by atoms with Crippen LogP contribution in [-0.4, -0.2) is 36.4 Å². The fourth-order valence-corrected chi connectivity index (χ4v) is 3.25. The van der Waals surface area contributed by atoms with Gasteiger partial charge in [0.05, 0.1) is 5.56 Å². The molecule has 0 fully saturated rings. The summed E-state index contributed by atoms with van der Waals surface area (Å²) in [6.45, 7) is 5.00. The number of carbonyl (C=O) groups is 1. The van der Waals surface area contributed by atoms with E-state index >= 15 is 0 Å². The van der Waals surface area contributed by atoms with Crippen LogP contribution in [0.2, 0.25) is 0 Å². The van der Waals surface area contributed by atoms with Crippen LogP contribution in [0.25, 0.3) is 0 Å². The molecule has 0 aliphatic rings. The van der Waals surface area contributed by atoms with E-state index in [0.717, 1.165) is 4.31 Å². The Bertz CT molecular complexity index is 671. The minimum Gasteiger partial charge on any atom is -0.478 e. The van der Waals surface area contributed by atoms with E-state index in [0.29, 0.717) is 18.6 Å². The molecule has 0 saturated heterocycles. The molecule has 1 aromatic carbocycles. The van der Waals surface area contributed by atoms with Crippen LogP contribution in [0.1, 0.15) is 37.6 Å². The summed E-state index contributed by atoms with van der Waals surface area (Å²) in [5.41, 5.74) is -1.46. The molecule has 0 amide bonds. The molecule has 5 nitrogen and oxygen atoms in total. The van der Waals surface area contributed by atoms with Crippen molar-refractivity contribution < 1.29 is 27.1 Å². The van der Waals surface area contributed by atoms with Gasteiger partial charge in [-0.1, -0.05) is 6.92 Å². The smallest absolute Gasteiger partial charge is 0.335 e. The highest BCUT2D eigenvalue weighted by Crippen LogP contribution is 2.28. The number of sulfonamides is 1. The molecule has 0 saturated carbocycles. The molecule has 1 N–H and O–H groups in total. The fraction of sp³-hybridized carbons (Fsp3) is 0.462. The summed E-state index contributed by atoms with van der Waals surface area (Å²) in [6, 6.07) is 1.07. The van der Waals surface area contributed by atoms with E-state index in [4.69, 9.17) is 5.11 Å². The van der Waals surface area contributed by atoms with Crippen LogP contribution in [0, 0.1) is 11.6 Å². The summed E-state index contributed by atoms with van der Waals surface area (Å²) in [7, 11) is -3.12. The molecule has 8 heteroatoms. The Morgan fingerprint density at radius 1 is 1.33 bits per heavy atom. The lowest BCUT2D eigenvalue weighted by Crippen LogP contribution is -2.44. The number of carboxylic acid groups (broad SMARTS) is 1. The normalized spacial score (nSPS) is 12.7. The third-order valence-electron chi connectivity index (χ3n) is 3.60. The number of carboxylic acids is 1. The molecule has 0 atom stereocenters. The van der Waals surface area contributed by atoms with Gasteiger partial charge < -0.3 is 5.11 Å². The zero-order chi connectivity index (χ0) is 16.6. The van der Waals surface area contributed by atoms with Crippen LogP contribution in [0.3, 0.4) is 0 Å². The second-order valence-corrected chi connectivity index (χ2v) is 7.15. The molecular formula is C13H17F2NO4S. The van der Waals surface area contributed by atoms with Crippen LogP contribution >= 0.6 is 0 Å². The summed E-state index contributed by atoms with van der Waals surface area (Å²) < 4.78 is 53.0. The maximum absolute atomic E-state index is 13.8. The standard InChI is InChI=1S/C13H17F2NO4S/c1-5-13(2,3)16(4)21(19,20)10-7-8(12(17)18)6-9(14)11(10)15/h6-7H,5H2,1-4H3,(H,17,18). The van der Waals surface area contributed by atoms with Crippen molar-refractivity contribution in [2.75, 3.05) is 7.05 Å².